The van der Waals surface area contributed by atoms with Crippen LogP contribution in [-0.2, 0) is 4.74 Å². The number of carbonyl (C=O) groups excluding carboxylic acids is 1. The van der Waals surface area contributed by atoms with Crippen molar-refractivity contribution in [3.05, 3.63) is 69.6 Å². The van der Waals surface area contributed by atoms with E-state index in [0.717, 1.165) is 10.2 Å². The van der Waals surface area contributed by atoms with Gasteiger partial charge in [0.05, 0.1) is 34.2 Å². The van der Waals surface area contributed by atoms with E-state index in [0.29, 0.717) is 28.3 Å². The molecule has 0 saturated heterocycles. The van der Waals surface area contributed by atoms with E-state index >= 15 is 0 Å². The number of hydrogen-bond donors (Lipinski definition) is 1. The largest absolute Gasteiger partial charge is 0.465 e. The third-order valence-corrected chi connectivity index (χ3v) is 4.99. The summed E-state index contributed by atoms with van der Waals surface area (Å²) in [5.41, 5.74) is 2.77. The second kappa shape index (κ2) is 7.29. The van der Waals surface area contributed by atoms with Crippen LogP contribution in [0.3, 0.4) is 0 Å². The number of aryl methyl sites for hydroxylation is 1. The molecule has 0 unspecified atom stereocenters. The minimum absolute atomic E-state index is 0.312. The number of anilines is 2. The molecular weight excluding hydrogens is 401 g/mol. The third-order valence-electron chi connectivity index (χ3n) is 4.04. The van der Waals surface area contributed by atoms with Gasteiger partial charge in [-0.3, -0.25) is 0 Å². The number of hydrogen-bond acceptors (Lipinski definition) is 4. The number of ether oxygens (including phenoxy) is 1. The summed E-state index contributed by atoms with van der Waals surface area (Å²) in [6.45, 7) is 3.54. The minimum Gasteiger partial charge on any atom is -0.465 e. The van der Waals surface area contributed by atoms with Crippen molar-refractivity contribution >= 4 is 33.4 Å². The van der Waals surface area contributed by atoms with Crippen molar-refractivity contribution in [1.29, 1.82) is 0 Å². The predicted octanol–water partition coefficient (Wildman–Crippen LogP) is 4.92. The Morgan fingerprint density at radius 2 is 1.92 bits per heavy atom. The van der Waals surface area contributed by atoms with Gasteiger partial charge in [-0.1, -0.05) is 18.2 Å². The number of methoxy groups -OCH3 is 1. The fourth-order valence-electron chi connectivity index (χ4n) is 2.62. The molecule has 1 aromatic heterocycles. The maximum atomic E-state index is 14.0. The number of para-hydroxylation sites is 1. The van der Waals surface area contributed by atoms with Crippen LogP contribution in [-0.4, -0.2) is 22.9 Å². The fraction of sp³-hybridized carbons (Fsp3) is 0.158. The Hall–Kier alpha value is -2.67. The number of rotatable bonds is 4. The van der Waals surface area contributed by atoms with Crippen LogP contribution in [0, 0.1) is 19.7 Å². The predicted molar refractivity (Wildman–Crippen MR) is 102 cm³/mol. The van der Waals surface area contributed by atoms with Gasteiger partial charge in [-0.25, -0.2) is 13.9 Å². The highest BCUT2D eigenvalue weighted by atomic mass is 79.9. The molecule has 0 aliphatic heterocycles. The Kier molecular flexibility index (Phi) is 5.08. The molecule has 7 heteroatoms. The first-order valence-corrected chi connectivity index (χ1v) is 8.68. The summed E-state index contributed by atoms with van der Waals surface area (Å²) in [6.07, 6.45) is 0. The maximum absolute atomic E-state index is 14.0. The molecule has 1 N–H and O–H groups in total. The number of halogens is 2. The highest BCUT2D eigenvalue weighted by Gasteiger charge is 2.19. The van der Waals surface area contributed by atoms with Crippen LogP contribution in [0.5, 0.6) is 0 Å². The van der Waals surface area contributed by atoms with Crippen LogP contribution in [0.2, 0.25) is 0 Å². The van der Waals surface area contributed by atoms with E-state index in [2.05, 4.69) is 26.3 Å². The van der Waals surface area contributed by atoms with Crippen molar-refractivity contribution in [3.8, 4) is 5.69 Å². The van der Waals surface area contributed by atoms with Gasteiger partial charge in [-0.05, 0) is 54.0 Å². The zero-order valence-corrected chi connectivity index (χ0v) is 16.1. The molecule has 0 aliphatic rings. The second-order valence-corrected chi connectivity index (χ2v) is 6.50. The molecule has 134 valence electrons. The van der Waals surface area contributed by atoms with E-state index in [1.165, 1.54) is 13.2 Å². The lowest BCUT2D eigenvalue weighted by Gasteiger charge is -2.14. The molecule has 0 radical (unpaired) electrons. The molecule has 0 spiro atoms. The van der Waals surface area contributed by atoms with Gasteiger partial charge in [0, 0.05) is 5.56 Å². The molecule has 26 heavy (non-hydrogen) atoms. The first-order valence-electron chi connectivity index (χ1n) is 7.89. The first-order chi connectivity index (χ1) is 12.4. The van der Waals surface area contributed by atoms with Crippen LogP contribution in [0.15, 0.2) is 46.9 Å². The lowest BCUT2D eigenvalue weighted by molar-refractivity contribution is 0.0602. The van der Waals surface area contributed by atoms with Gasteiger partial charge in [0.1, 0.15) is 11.6 Å². The molecule has 0 fully saturated rings. The van der Waals surface area contributed by atoms with E-state index in [4.69, 9.17) is 4.74 Å². The van der Waals surface area contributed by atoms with Crippen LogP contribution in [0.1, 0.15) is 21.6 Å². The zero-order valence-electron chi connectivity index (χ0n) is 14.5. The maximum Gasteiger partial charge on any atom is 0.339 e. The fourth-order valence-corrected chi connectivity index (χ4v) is 2.97. The van der Waals surface area contributed by atoms with Crippen molar-refractivity contribution in [1.82, 2.24) is 9.78 Å². The summed E-state index contributed by atoms with van der Waals surface area (Å²) in [6, 6.07) is 11.8. The van der Waals surface area contributed by atoms with Crippen molar-refractivity contribution in [2.75, 3.05) is 12.4 Å². The van der Waals surface area contributed by atoms with Gasteiger partial charge in [0.2, 0.25) is 0 Å². The Bertz CT molecular complexity index is 985. The quantitative estimate of drug-likeness (QED) is 0.611. The second-order valence-electron chi connectivity index (χ2n) is 5.71. The molecule has 0 amide bonds. The van der Waals surface area contributed by atoms with Crippen molar-refractivity contribution in [2.24, 2.45) is 0 Å². The summed E-state index contributed by atoms with van der Waals surface area (Å²) in [4.78, 5) is 12.0. The SMILES string of the molecule is COC(=O)c1ccccc1Nc1c(Br)c(C)nn1-c1cccc(F)c1C. The van der Waals surface area contributed by atoms with E-state index in [-0.39, 0.29) is 5.82 Å². The van der Waals surface area contributed by atoms with Gasteiger partial charge in [-0.15, -0.1) is 0 Å². The smallest absolute Gasteiger partial charge is 0.339 e. The van der Waals surface area contributed by atoms with E-state index in [1.807, 2.05) is 13.0 Å². The number of benzene rings is 2. The van der Waals surface area contributed by atoms with Crippen LogP contribution in [0.4, 0.5) is 15.9 Å². The van der Waals surface area contributed by atoms with Gasteiger partial charge < -0.3 is 10.1 Å². The number of aromatic nitrogens is 2. The molecule has 0 bridgehead atoms. The van der Waals surface area contributed by atoms with Crippen LogP contribution < -0.4 is 5.32 Å². The molecule has 1 heterocycles. The average Bonchev–Trinajstić information content (AvgIpc) is 2.92. The number of nitrogens with one attached hydrogen (secondary N) is 1. The van der Waals surface area contributed by atoms with E-state index in [1.54, 1.807) is 41.9 Å². The highest BCUT2D eigenvalue weighted by molar-refractivity contribution is 9.10. The lowest BCUT2D eigenvalue weighted by atomic mass is 10.1. The molecule has 0 saturated carbocycles. The Morgan fingerprint density at radius 3 is 2.65 bits per heavy atom. The van der Waals surface area contributed by atoms with Crippen LogP contribution in [0.25, 0.3) is 5.69 Å². The molecular formula is C19H17BrFN3O2. The van der Waals surface area contributed by atoms with Gasteiger partial charge in [0.15, 0.2) is 0 Å². The summed E-state index contributed by atoms with van der Waals surface area (Å²) in [5, 5.41) is 7.72. The zero-order chi connectivity index (χ0) is 18.8. The van der Waals surface area contributed by atoms with Crippen molar-refractivity contribution in [2.45, 2.75) is 13.8 Å². The molecule has 3 rings (SSSR count). The minimum atomic E-state index is -0.450. The normalized spacial score (nSPS) is 10.7. The monoisotopic (exact) mass is 417 g/mol. The van der Waals surface area contributed by atoms with Crippen molar-refractivity contribution in [3.63, 3.8) is 0 Å². The number of esters is 1. The Morgan fingerprint density at radius 1 is 1.19 bits per heavy atom. The Labute approximate surface area is 158 Å². The average molecular weight is 418 g/mol. The molecule has 0 atom stereocenters. The molecule has 5 nitrogen and oxygen atoms in total. The van der Waals surface area contributed by atoms with E-state index < -0.39 is 5.97 Å². The summed E-state index contributed by atoms with van der Waals surface area (Å²) < 4.78 is 21.2. The summed E-state index contributed by atoms with van der Waals surface area (Å²) in [5.74, 6) is -0.172. The van der Waals surface area contributed by atoms with Gasteiger partial charge in [0.25, 0.3) is 0 Å². The topological polar surface area (TPSA) is 56.1 Å². The van der Waals surface area contributed by atoms with Gasteiger partial charge in [-0.2, -0.15) is 5.10 Å². The Balaban J connectivity index is 2.13. The van der Waals surface area contributed by atoms with Crippen LogP contribution >= 0.6 is 15.9 Å². The lowest BCUT2D eigenvalue weighted by Crippen LogP contribution is -2.09. The molecule has 0 aliphatic carbocycles. The number of nitrogens with zero attached hydrogens (tertiary/aromatic N) is 2. The summed E-state index contributed by atoms with van der Waals surface area (Å²) in [7, 11) is 1.33. The van der Waals surface area contributed by atoms with Crippen molar-refractivity contribution < 1.29 is 13.9 Å². The standard InChI is InChI=1S/C19H17BrFN3O2/c1-11-14(21)8-6-10-16(11)24-18(17(20)12(2)23-24)22-15-9-5-4-7-13(15)19(25)26-3/h4-10,22H,1-3H3. The third kappa shape index (κ3) is 3.22. The van der Waals surface area contributed by atoms with E-state index in [9.17, 15) is 9.18 Å². The molecule has 3 aromatic rings. The van der Waals surface area contributed by atoms with Gasteiger partial charge >= 0.3 is 5.97 Å². The highest BCUT2D eigenvalue weighted by Crippen LogP contribution is 2.33. The first kappa shape index (κ1) is 18.1. The number of carbonyl (C=O) groups is 1. The molecule has 2 aromatic carbocycles. The summed E-state index contributed by atoms with van der Waals surface area (Å²) >= 11 is 3.52.